The van der Waals surface area contributed by atoms with Crippen LogP contribution in [0.2, 0.25) is 10.0 Å². The van der Waals surface area contributed by atoms with Gasteiger partial charge in [-0.1, -0.05) is 47.0 Å². The zero-order valence-corrected chi connectivity index (χ0v) is 21.4. The third-order valence-electron chi connectivity index (χ3n) is 6.61. The average molecular weight is 521 g/mol. The van der Waals surface area contributed by atoms with Gasteiger partial charge in [0.15, 0.2) is 0 Å². The highest BCUT2D eigenvalue weighted by molar-refractivity contribution is 6.41. The molecule has 1 aliphatic heterocycles. The van der Waals surface area contributed by atoms with E-state index in [-0.39, 0.29) is 29.9 Å². The van der Waals surface area contributed by atoms with Crippen LogP contribution in [0.5, 0.6) is 5.75 Å². The zero-order valence-electron chi connectivity index (χ0n) is 19.9. The predicted octanol–water partition coefficient (Wildman–Crippen LogP) is 7.58. The molecule has 1 amide bonds. The van der Waals surface area contributed by atoms with E-state index in [1.165, 1.54) is 0 Å². The van der Waals surface area contributed by atoms with E-state index in [2.05, 4.69) is 0 Å². The van der Waals surface area contributed by atoms with Crippen LogP contribution >= 0.6 is 23.2 Å². The minimum atomic E-state index is 0.00210. The molecule has 2 aliphatic rings. The summed E-state index contributed by atoms with van der Waals surface area (Å²) in [7, 11) is 0. The smallest absolute Gasteiger partial charge is 0.231 e. The molecule has 184 valence electrons. The molecule has 5 nitrogen and oxygen atoms in total. The Morgan fingerprint density at radius 1 is 1.06 bits per heavy atom. The number of nitrogens with one attached hydrogen (secondary N) is 1. The van der Waals surface area contributed by atoms with Crippen molar-refractivity contribution in [1.82, 2.24) is 0 Å². The number of anilines is 2. The number of aryl methyl sites for hydroxylation is 2. The van der Waals surface area contributed by atoms with Crippen LogP contribution in [-0.2, 0) is 11.2 Å². The van der Waals surface area contributed by atoms with E-state index in [0.29, 0.717) is 39.8 Å². The lowest BCUT2D eigenvalue weighted by atomic mass is 9.99. The van der Waals surface area contributed by atoms with E-state index >= 15 is 0 Å². The number of hydrogen-bond acceptors (Lipinski definition) is 4. The quantitative estimate of drug-likeness (QED) is 0.249. The van der Waals surface area contributed by atoms with Crippen LogP contribution in [0.3, 0.4) is 0 Å². The molecule has 1 saturated carbocycles. The molecule has 5 rings (SSSR count). The monoisotopic (exact) mass is 520 g/mol. The summed E-state index contributed by atoms with van der Waals surface area (Å²) in [6.45, 7) is 2.02. The second-order valence-corrected chi connectivity index (χ2v) is 10.1. The van der Waals surface area contributed by atoms with Crippen LogP contribution in [0.4, 0.5) is 11.4 Å². The molecular weight excluding hydrogens is 495 g/mol. The first-order valence-electron chi connectivity index (χ1n) is 11.9. The maximum atomic E-state index is 12.8. The molecule has 0 spiro atoms. The Morgan fingerprint density at radius 3 is 2.42 bits per heavy atom. The molecule has 0 unspecified atom stereocenters. The average Bonchev–Trinajstić information content (AvgIpc) is 3.70. The fourth-order valence-electron chi connectivity index (χ4n) is 4.46. The highest BCUT2D eigenvalue weighted by Crippen LogP contribution is 2.39. The lowest BCUT2D eigenvalue weighted by Gasteiger charge is -2.30. The zero-order chi connectivity index (χ0) is 25.4. The maximum absolute atomic E-state index is 12.8. The molecule has 7 heteroatoms. The minimum absolute atomic E-state index is 0.00210. The Labute approximate surface area is 220 Å². The van der Waals surface area contributed by atoms with E-state index < -0.39 is 0 Å². The molecule has 2 N–H and O–H groups in total. The minimum Gasteiger partial charge on any atom is -0.512 e. The first kappa shape index (κ1) is 24.4. The number of carbonyl (C=O) groups is 1. The van der Waals surface area contributed by atoms with Crippen LogP contribution in [0, 0.1) is 18.3 Å². The second kappa shape index (κ2) is 10.00. The van der Waals surface area contributed by atoms with Gasteiger partial charge in [0.25, 0.3) is 0 Å². The topological polar surface area (TPSA) is 73.6 Å². The van der Waals surface area contributed by atoms with Crippen molar-refractivity contribution < 1.29 is 14.6 Å². The molecule has 0 atom stereocenters. The van der Waals surface area contributed by atoms with Crippen molar-refractivity contribution in [3.63, 3.8) is 0 Å². The maximum Gasteiger partial charge on any atom is 0.231 e. The van der Waals surface area contributed by atoms with Gasteiger partial charge in [0.05, 0.1) is 27.0 Å². The van der Waals surface area contributed by atoms with Crippen molar-refractivity contribution in [3.05, 3.63) is 98.7 Å². The van der Waals surface area contributed by atoms with Gasteiger partial charge in [-0.15, -0.1) is 0 Å². The number of amides is 1. The Bertz CT molecular complexity index is 1360. The summed E-state index contributed by atoms with van der Waals surface area (Å²) in [5, 5.41) is 20.4. The summed E-state index contributed by atoms with van der Waals surface area (Å²) in [5.74, 6) is 0.851. The van der Waals surface area contributed by atoms with Crippen molar-refractivity contribution in [1.29, 1.82) is 5.41 Å². The lowest BCUT2D eigenvalue weighted by Crippen LogP contribution is -2.30. The van der Waals surface area contributed by atoms with Gasteiger partial charge in [-0.3, -0.25) is 15.1 Å². The van der Waals surface area contributed by atoms with Gasteiger partial charge >= 0.3 is 0 Å². The standard InChI is InChI=1S/C29H26Cl2N2O3/c1-17-5-10-20(11-6-17)33-25-13-12-21(15-19(25)9-14-26(33)34)36-16-22(29(35)18-7-8-18)28(32)27-23(30)3-2-4-24(27)31/h2-6,10-13,15,18,32,35H,7-9,14,16H2,1H3/b29-22-,32-28?. The molecular formula is C29H26Cl2N2O3. The van der Waals surface area contributed by atoms with Crippen LogP contribution < -0.4 is 9.64 Å². The van der Waals surface area contributed by atoms with Gasteiger partial charge in [0, 0.05) is 23.6 Å². The number of aliphatic hydroxyl groups is 1. The molecule has 3 aromatic rings. The van der Waals surface area contributed by atoms with Crippen LogP contribution in [0.25, 0.3) is 0 Å². The molecule has 1 fully saturated rings. The van der Waals surface area contributed by atoms with Crippen molar-refractivity contribution in [3.8, 4) is 5.75 Å². The summed E-state index contributed by atoms with van der Waals surface area (Å²) >= 11 is 12.7. The Kier molecular flexibility index (Phi) is 6.78. The van der Waals surface area contributed by atoms with Gasteiger partial charge in [-0.2, -0.15) is 0 Å². The Hall–Kier alpha value is -3.28. The predicted molar refractivity (Wildman–Crippen MR) is 144 cm³/mol. The van der Waals surface area contributed by atoms with Crippen molar-refractivity contribution in [2.45, 2.75) is 32.6 Å². The van der Waals surface area contributed by atoms with Gasteiger partial charge in [-0.05, 0) is 74.2 Å². The first-order valence-corrected chi connectivity index (χ1v) is 12.7. The fraction of sp³-hybridized carbons (Fsp3) is 0.241. The largest absolute Gasteiger partial charge is 0.512 e. The van der Waals surface area contributed by atoms with Crippen LogP contribution in [0.15, 0.2) is 72.0 Å². The number of nitrogens with zero attached hydrogens (tertiary/aromatic N) is 1. The number of fused-ring (bicyclic) bond motifs is 1. The number of allylic oxidation sites excluding steroid dienone is 1. The number of aliphatic hydroxyl groups excluding tert-OH is 1. The number of hydrogen-bond donors (Lipinski definition) is 2. The normalized spacial score (nSPS) is 15.9. The van der Waals surface area contributed by atoms with Crippen LogP contribution in [-0.4, -0.2) is 23.3 Å². The van der Waals surface area contributed by atoms with Gasteiger partial charge in [-0.25, -0.2) is 0 Å². The fourth-order valence-corrected chi connectivity index (χ4v) is 5.04. The van der Waals surface area contributed by atoms with E-state index in [9.17, 15) is 9.90 Å². The highest BCUT2D eigenvalue weighted by Gasteiger charge is 2.31. The SMILES string of the molecule is Cc1ccc(N2C(=O)CCc3cc(OC/C(C(=N)c4c(Cl)cccc4Cl)=C(/O)C4CC4)ccc32)cc1. The second-order valence-electron chi connectivity index (χ2n) is 9.25. The highest BCUT2D eigenvalue weighted by atomic mass is 35.5. The summed E-state index contributed by atoms with van der Waals surface area (Å²) in [6, 6.07) is 18.6. The molecule has 0 bridgehead atoms. The number of rotatable bonds is 7. The van der Waals surface area contributed by atoms with Gasteiger partial charge < -0.3 is 9.84 Å². The summed E-state index contributed by atoms with van der Waals surface area (Å²) in [5.41, 5.74) is 4.64. The first-order chi connectivity index (χ1) is 17.3. The number of ether oxygens (including phenoxy) is 1. The van der Waals surface area contributed by atoms with Crippen LogP contribution in [0.1, 0.15) is 36.0 Å². The van der Waals surface area contributed by atoms with E-state index in [4.69, 9.17) is 33.3 Å². The number of halogens is 2. The molecule has 0 radical (unpaired) electrons. The Morgan fingerprint density at radius 2 is 1.75 bits per heavy atom. The van der Waals surface area contributed by atoms with E-state index in [1.807, 2.05) is 49.4 Å². The molecule has 3 aromatic carbocycles. The number of carbonyl (C=O) groups excluding carboxylic acids is 1. The van der Waals surface area contributed by atoms with E-state index in [0.717, 1.165) is 35.3 Å². The molecule has 1 aliphatic carbocycles. The van der Waals surface area contributed by atoms with Crippen molar-refractivity contribution in [2.24, 2.45) is 5.92 Å². The molecule has 36 heavy (non-hydrogen) atoms. The van der Waals surface area contributed by atoms with E-state index in [1.54, 1.807) is 23.1 Å². The Balaban J connectivity index is 1.41. The lowest BCUT2D eigenvalue weighted by molar-refractivity contribution is -0.118. The molecule has 0 aromatic heterocycles. The number of benzene rings is 3. The summed E-state index contributed by atoms with van der Waals surface area (Å²) < 4.78 is 6.09. The molecule has 0 saturated heterocycles. The van der Waals surface area contributed by atoms with Gasteiger partial charge in [0.2, 0.25) is 5.91 Å². The summed E-state index contributed by atoms with van der Waals surface area (Å²) in [4.78, 5) is 14.5. The third-order valence-corrected chi connectivity index (χ3v) is 7.24. The van der Waals surface area contributed by atoms with Crippen molar-refractivity contribution in [2.75, 3.05) is 11.5 Å². The molecule has 1 heterocycles. The van der Waals surface area contributed by atoms with Crippen molar-refractivity contribution >= 4 is 46.2 Å². The third kappa shape index (κ3) is 4.86. The van der Waals surface area contributed by atoms with Gasteiger partial charge in [0.1, 0.15) is 18.1 Å². The summed E-state index contributed by atoms with van der Waals surface area (Å²) in [6.07, 6.45) is 2.78.